The minimum absolute atomic E-state index is 0.0734. The second-order valence-corrected chi connectivity index (χ2v) is 13.2. The van der Waals surface area contributed by atoms with E-state index in [1.165, 1.54) is 0 Å². The number of amides is 4. The largest absolute Gasteiger partial charge is 0.345 e. The van der Waals surface area contributed by atoms with Crippen LogP contribution in [0, 0.1) is 28.6 Å². The molecule has 40 heavy (non-hydrogen) atoms. The Morgan fingerprint density at radius 1 is 1.07 bits per heavy atom. The number of hydrogen-bond acceptors (Lipinski definition) is 5. The van der Waals surface area contributed by atoms with Crippen molar-refractivity contribution in [2.45, 2.75) is 78.6 Å². The van der Waals surface area contributed by atoms with Gasteiger partial charge in [-0.1, -0.05) is 84.4 Å². The average Bonchev–Trinajstić information content (AvgIpc) is 3.76. The lowest BCUT2D eigenvalue weighted by Gasteiger charge is -2.37. The number of fused-ring (bicyclic) bond motifs is 1. The molecule has 0 bridgehead atoms. The first-order valence-electron chi connectivity index (χ1n) is 14.2. The van der Waals surface area contributed by atoms with Crippen molar-refractivity contribution in [2.24, 2.45) is 28.6 Å². The minimum atomic E-state index is -0.965. The van der Waals surface area contributed by atoms with E-state index in [-0.39, 0.29) is 35.6 Å². The van der Waals surface area contributed by atoms with Crippen molar-refractivity contribution in [1.29, 1.82) is 0 Å². The van der Waals surface area contributed by atoms with Gasteiger partial charge in [0, 0.05) is 13.1 Å². The highest BCUT2D eigenvalue weighted by Gasteiger charge is 2.70. The molecule has 5 atom stereocenters. The van der Waals surface area contributed by atoms with Crippen molar-refractivity contribution in [3.05, 3.63) is 48.6 Å². The van der Waals surface area contributed by atoms with Crippen LogP contribution in [0.25, 0.3) is 0 Å². The van der Waals surface area contributed by atoms with E-state index in [1.54, 1.807) is 4.90 Å². The van der Waals surface area contributed by atoms with Crippen LogP contribution in [0.5, 0.6) is 0 Å². The van der Waals surface area contributed by atoms with Crippen LogP contribution >= 0.6 is 0 Å². The van der Waals surface area contributed by atoms with E-state index in [2.05, 4.69) is 36.4 Å². The third-order valence-corrected chi connectivity index (χ3v) is 8.76. The third-order valence-electron chi connectivity index (χ3n) is 8.76. The number of benzene rings is 1. The SMILES string of the molecule is C=CC(=O)N[C@H](C(=O)N1C[C@H]2C([C@H]1C(=O)NC(CC1CC1)C(=O)C(=O)NCc1ccccc1)C2(C)C)C(C)(C)C. The lowest BCUT2D eigenvalue weighted by molar-refractivity contribution is -0.146. The summed E-state index contributed by atoms with van der Waals surface area (Å²) in [5.41, 5.74) is 0.120. The first kappa shape index (κ1) is 29.5. The van der Waals surface area contributed by atoms with Gasteiger partial charge in [-0.15, -0.1) is 0 Å². The fraction of sp³-hybridized carbons (Fsp3) is 0.581. The molecular weight excluding hydrogens is 508 g/mol. The van der Waals surface area contributed by atoms with Crippen LogP contribution in [-0.4, -0.2) is 59.0 Å². The average molecular weight is 551 g/mol. The summed E-state index contributed by atoms with van der Waals surface area (Å²) in [4.78, 5) is 67.5. The summed E-state index contributed by atoms with van der Waals surface area (Å²) >= 11 is 0. The number of rotatable bonds is 11. The van der Waals surface area contributed by atoms with Crippen LogP contribution in [0.3, 0.4) is 0 Å². The van der Waals surface area contributed by atoms with Gasteiger partial charge in [0.05, 0.1) is 6.04 Å². The summed E-state index contributed by atoms with van der Waals surface area (Å²) < 4.78 is 0. The zero-order chi connectivity index (χ0) is 29.4. The maximum absolute atomic E-state index is 13.9. The highest BCUT2D eigenvalue weighted by atomic mass is 16.2. The molecule has 0 spiro atoms. The Labute approximate surface area is 236 Å². The van der Waals surface area contributed by atoms with Gasteiger partial charge in [-0.05, 0) is 46.6 Å². The summed E-state index contributed by atoms with van der Waals surface area (Å²) in [5.74, 6) is -2.30. The van der Waals surface area contributed by atoms with Crippen LogP contribution in [0.1, 0.15) is 59.4 Å². The highest BCUT2D eigenvalue weighted by molar-refractivity contribution is 6.38. The van der Waals surface area contributed by atoms with Gasteiger partial charge in [0.2, 0.25) is 23.5 Å². The first-order valence-corrected chi connectivity index (χ1v) is 14.2. The summed E-state index contributed by atoms with van der Waals surface area (Å²) in [5, 5.41) is 8.29. The van der Waals surface area contributed by atoms with Crippen molar-refractivity contribution in [1.82, 2.24) is 20.9 Å². The zero-order valence-corrected chi connectivity index (χ0v) is 24.2. The van der Waals surface area contributed by atoms with Crippen LogP contribution in [0.2, 0.25) is 0 Å². The Balaban J connectivity index is 1.51. The molecule has 0 radical (unpaired) electrons. The molecular formula is C31H42N4O5. The molecule has 1 aromatic carbocycles. The number of Topliss-reactive ketones (excluding diaryl/α,β-unsaturated/α-hetero) is 1. The monoisotopic (exact) mass is 550 g/mol. The predicted octanol–water partition coefficient (Wildman–Crippen LogP) is 2.36. The van der Waals surface area contributed by atoms with Crippen molar-refractivity contribution < 1.29 is 24.0 Å². The van der Waals surface area contributed by atoms with E-state index >= 15 is 0 Å². The quantitative estimate of drug-likeness (QED) is 0.288. The van der Waals surface area contributed by atoms with Gasteiger partial charge in [-0.25, -0.2) is 0 Å². The smallest absolute Gasteiger partial charge is 0.289 e. The molecule has 3 fully saturated rings. The predicted molar refractivity (Wildman–Crippen MR) is 150 cm³/mol. The second kappa shape index (κ2) is 11.2. The van der Waals surface area contributed by atoms with Gasteiger partial charge in [-0.3, -0.25) is 24.0 Å². The molecule has 3 N–H and O–H groups in total. The van der Waals surface area contributed by atoms with E-state index in [4.69, 9.17) is 0 Å². The Bertz CT molecular complexity index is 1180. The number of piperidine rings is 1. The molecule has 2 aliphatic carbocycles. The lowest BCUT2D eigenvalue weighted by Crippen LogP contribution is -2.60. The number of likely N-dealkylation sites (tertiary alicyclic amines) is 1. The molecule has 9 nitrogen and oxygen atoms in total. The lowest BCUT2D eigenvalue weighted by atomic mass is 9.85. The van der Waals surface area contributed by atoms with Crippen LogP contribution in [-0.2, 0) is 30.5 Å². The molecule has 2 unspecified atom stereocenters. The Morgan fingerprint density at radius 3 is 2.30 bits per heavy atom. The second-order valence-electron chi connectivity index (χ2n) is 13.2. The van der Waals surface area contributed by atoms with Gasteiger partial charge in [0.15, 0.2) is 0 Å². The van der Waals surface area contributed by atoms with Crippen molar-refractivity contribution in [2.75, 3.05) is 6.54 Å². The van der Waals surface area contributed by atoms with Crippen molar-refractivity contribution in [3.63, 3.8) is 0 Å². The van der Waals surface area contributed by atoms with Crippen LogP contribution in [0.4, 0.5) is 0 Å². The standard InChI is InChI=1S/C31H42N4O5/c1-7-22(36)34-26(30(2,3)4)29(40)35-17-20-23(31(20,5)6)24(35)27(38)33-21(15-18-13-14-18)25(37)28(39)32-16-19-11-9-8-10-12-19/h7-12,18,20-21,23-24,26H,1,13-17H2,2-6H3,(H,32,39)(H,33,38)(H,34,36)/t20-,21?,23?,24-,26+/m0/s1. The molecule has 4 amide bonds. The molecule has 1 saturated heterocycles. The molecule has 1 aliphatic heterocycles. The van der Waals surface area contributed by atoms with E-state index < -0.39 is 47.0 Å². The summed E-state index contributed by atoms with van der Waals surface area (Å²) in [6.45, 7) is 13.8. The van der Waals surface area contributed by atoms with E-state index in [1.807, 2.05) is 51.1 Å². The number of nitrogens with zero attached hydrogens (tertiary/aromatic N) is 1. The summed E-state index contributed by atoms with van der Waals surface area (Å²) in [6.07, 6.45) is 3.42. The number of ketones is 1. The molecule has 4 rings (SSSR count). The minimum Gasteiger partial charge on any atom is -0.345 e. The Hall–Kier alpha value is -3.49. The van der Waals surface area contributed by atoms with Crippen molar-refractivity contribution in [3.8, 4) is 0 Å². The number of carbonyl (C=O) groups is 5. The molecule has 2 saturated carbocycles. The Morgan fingerprint density at radius 2 is 1.73 bits per heavy atom. The van der Waals surface area contributed by atoms with Gasteiger partial charge in [0.25, 0.3) is 5.91 Å². The number of carbonyl (C=O) groups excluding carboxylic acids is 5. The topological polar surface area (TPSA) is 125 Å². The highest BCUT2D eigenvalue weighted by Crippen LogP contribution is 2.65. The van der Waals surface area contributed by atoms with Gasteiger partial charge in [-0.2, -0.15) is 0 Å². The maximum atomic E-state index is 13.9. The Kier molecular flexibility index (Phi) is 8.24. The molecule has 1 aromatic rings. The van der Waals surface area contributed by atoms with Crippen LogP contribution < -0.4 is 16.0 Å². The van der Waals surface area contributed by atoms with E-state index in [0.29, 0.717) is 13.0 Å². The number of nitrogens with one attached hydrogen (secondary N) is 3. The number of hydrogen-bond donors (Lipinski definition) is 3. The van der Waals surface area contributed by atoms with Gasteiger partial charge in [0.1, 0.15) is 12.1 Å². The fourth-order valence-electron chi connectivity index (χ4n) is 6.03. The molecule has 3 aliphatic rings. The summed E-state index contributed by atoms with van der Waals surface area (Å²) in [6, 6.07) is 6.68. The molecule has 0 aromatic heterocycles. The van der Waals surface area contributed by atoms with E-state index in [9.17, 15) is 24.0 Å². The summed E-state index contributed by atoms with van der Waals surface area (Å²) in [7, 11) is 0. The maximum Gasteiger partial charge on any atom is 0.289 e. The normalized spacial score (nSPS) is 24.2. The molecule has 216 valence electrons. The third kappa shape index (κ3) is 6.29. The fourth-order valence-corrected chi connectivity index (χ4v) is 6.03. The van der Waals surface area contributed by atoms with Crippen LogP contribution in [0.15, 0.2) is 43.0 Å². The van der Waals surface area contributed by atoms with Gasteiger partial charge < -0.3 is 20.9 Å². The molecule has 1 heterocycles. The molecule has 9 heteroatoms. The van der Waals surface area contributed by atoms with E-state index in [0.717, 1.165) is 24.5 Å². The first-order chi connectivity index (χ1) is 18.8. The van der Waals surface area contributed by atoms with Crippen molar-refractivity contribution >= 4 is 29.4 Å². The van der Waals surface area contributed by atoms with Gasteiger partial charge >= 0.3 is 0 Å². The zero-order valence-electron chi connectivity index (χ0n) is 24.2.